The predicted octanol–water partition coefficient (Wildman–Crippen LogP) is -2.61. The van der Waals surface area contributed by atoms with Crippen molar-refractivity contribution in [3.05, 3.63) is 35.5 Å². The first-order valence-corrected chi connectivity index (χ1v) is 15.4. The van der Waals surface area contributed by atoms with Crippen molar-refractivity contribution >= 4 is 43.9 Å². The van der Waals surface area contributed by atoms with E-state index in [0.717, 1.165) is 6.33 Å². The molecule has 0 bridgehead atoms. The van der Waals surface area contributed by atoms with Gasteiger partial charge in [-0.3, -0.25) is 18.5 Å². The number of ether oxygens (including phenoxy) is 2. The van der Waals surface area contributed by atoms with E-state index in [1.165, 1.54) is 28.0 Å². The third-order valence-electron chi connectivity index (χ3n) is 7.18. The Morgan fingerprint density at radius 1 is 1.00 bits per heavy atom. The molecule has 0 aromatic carbocycles. The lowest BCUT2D eigenvalue weighted by molar-refractivity contribution is -0.0494. The number of aliphatic hydroxyl groups excluding tert-OH is 3. The Morgan fingerprint density at radius 2 is 1.70 bits per heavy atom. The fourth-order valence-corrected chi connectivity index (χ4v) is 7.06. The third kappa shape index (κ3) is 5.28. The average Bonchev–Trinajstić information content (AvgIpc) is 3.72. The Labute approximate surface area is 239 Å². The highest BCUT2D eigenvalue weighted by atomic mass is 31.2. The Balaban J connectivity index is 1.25. The van der Waals surface area contributed by atoms with Crippen molar-refractivity contribution < 1.29 is 52.8 Å². The van der Waals surface area contributed by atoms with E-state index in [2.05, 4.69) is 34.7 Å². The molecule has 2 fully saturated rings. The maximum atomic E-state index is 13.7. The standard InChI is InChI=1S/C20H25N9O12P2/c21-16-11-17(23-4-22-16)29(6-25-11)19-14(32)12(30)9(40-19)3-39-43(36,37)15-13(31)8(2-38-42(34)35)41-20(15)28-5-24-10-7(28)1-26-27-18(10)33/h1,4-6,8-9,12-15,19-20,30-32,42H,2-3H2,(H,27,33)(H,34,35)(H,36,37)(H2,21,22,23)/t8-,9-,12-,13-,14-,15-,19-,20-/m1/s1. The summed E-state index contributed by atoms with van der Waals surface area (Å²) in [5.74, 6) is 0.0750. The number of nitrogens with one attached hydrogen (secondary N) is 1. The van der Waals surface area contributed by atoms with Gasteiger partial charge in [0.2, 0.25) is 0 Å². The summed E-state index contributed by atoms with van der Waals surface area (Å²) in [6.45, 7) is -1.36. The summed E-state index contributed by atoms with van der Waals surface area (Å²) in [6, 6.07) is 0. The number of hydrogen-bond acceptors (Lipinski definition) is 16. The van der Waals surface area contributed by atoms with Gasteiger partial charge < -0.3 is 53.9 Å². The fraction of sp³-hybridized carbons (Fsp3) is 0.500. The Hall–Kier alpha value is -3.20. The van der Waals surface area contributed by atoms with Crippen molar-refractivity contribution in [3.63, 3.8) is 0 Å². The molecule has 21 nitrogen and oxygen atoms in total. The number of aromatic amines is 1. The number of H-pyrrole nitrogens is 1. The third-order valence-corrected chi connectivity index (χ3v) is 9.43. The van der Waals surface area contributed by atoms with Gasteiger partial charge >= 0.3 is 15.9 Å². The van der Waals surface area contributed by atoms with Crippen LogP contribution in [0.25, 0.3) is 22.2 Å². The predicted molar refractivity (Wildman–Crippen MR) is 140 cm³/mol. The summed E-state index contributed by atoms with van der Waals surface area (Å²) < 4.78 is 48.8. The molecule has 8 N–H and O–H groups in total. The summed E-state index contributed by atoms with van der Waals surface area (Å²) >= 11 is 0. The molecule has 23 heteroatoms. The summed E-state index contributed by atoms with van der Waals surface area (Å²) in [5.41, 5.74) is 3.82. The van der Waals surface area contributed by atoms with E-state index < -0.39 is 83.3 Å². The maximum Gasteiger partial charge on any atom is 0.338 e. The van der Waals surface area contributed by atoms with Gasteiger partial charge in [0.05, 0.1) is 37.6 Å². The number of hydrogen-bond donors (Lipinski definition) is 7. The smallest absolute Gasteiger partial charge is 0.338 e. The molecular weight excluding hydrogens is 620 g/mol. The molecule has 0 aliphatic carbocycles. The van der Waals surface area contributed by atoms with Crippen molar-refractivity contribution in [1.29, 1.82) is 0 Å². The maximum absolute atomic E-state index is 13.7. The van der Waals surface area contributed by atoms with Crippen LogP contribution in [0.3, 0.4) is 0 Å². The molecule has 2 aliphatic heterocycles. The van der Waals surface area contributed by atoms with Crippen LogP contribution in [0.2, 0.25) is 0 Å². The van der Waals surface area contributed by atoms with Gasteiger partial charge in [0.25, 0.3) is 5.56 Å². The molecule has 6 rings (SSSR count). The Morgan fingerprint density at radius 3 is 2.47 bits per heavy atom. The Kier molecular flexibility index (Phi) is 7.90. The van der Waals surface area contributed by atoms with Gasteiger partial charge in [0.1, 0.15) is 48.0 Å². The molecule has 232 valence electrons. The minimum absolute atomic E-state index is 0.0750. The number of aliphatic hydroxyl groups is 3. The van der Waals surface area contributed by atoms with Crippen LogP contribution in [0.15, 0.2) is 30.0 Å². The quantitative estimate of drug-likeness (QED) is 0.0917. The molecule has 6 heterocycles. The van der Waals surface area contributed by atoms with Crippen LogP contribution in [0.4, 0.5) is 5.82 Å². The van der Waals surface area contributed by atoms with Crippen molar-refractivity contribution in [1.82, 2.24) is 39.3 Å². The van der Waals surface area contributed by atoms with Crippen molar-refractivity contribution in [2.75, 3.05) is 18.9 Å². The zero-order chi connectivity index (χ0) is 30.6. The number of imidazole rings is 2. The molecule has 2 saturated heterocycles. The van der Waals surface area contributed by atoms with Crippen LogP contribution < -0.4 is 11.3 Å². The van der Waals surface area contributed by atoms with Gasteiger partial charge in [-0.1, -0.05) is 0 Å². The van der Waals surface area contributed by atoms with E-state index in [9.17, 15) is 34.1 Å². The largest absolute Gasteiger partial charge is 0.389 e. The molecular formula is C20H25N9O12P2. The van der Waals surface area contributed by atoms with Crippen LogP contribution in [0.5, 0.6) is 0 Å². The van der Waals surface area contributed by atoms with Gasteiger partial charge in [-0.2, -0.15) is 5.10 Å². The second-order valence-corrected chi connectivity index (χ2v) is 12.5. The number of nitrogens with zero attached hydrogens (tertiary/aromatic N) is 7. The molecule has 0 spiro atoms. The lowest BCUT2D eigenvalue weighted by Gasteiger charge is -2.27. The fourth-order valence-electron chi connectivity index (χ4n) is 5.10. The second-order valence-electron chi connectivity index (χ2n) is 9.70. The first-order valence-electron chi connectivity index (χ1n) is 12.5. The SMILES string of the molecule is Nc1ncnc2c1ncn2[C@@H]1O[C@H](COP(=O)(O)[C@@H]2[C@H](O)[C@@H](CO[PH](=O)O)O[C@H]2n2cnc3c(=O)[nH]ncc32)[C@@H](O)[C@H]1O. The summed E-state index contributed by atoms with van der Waals surface area (Å²) in [7, 11) is -8.39. The molecule has 43 heavy (non-hydrogen) atoms. The number of fused-ring (bicyclic) bond motifs is 2. The van der Waals surface area contributed by atoms with E-state index in [0.29, 0.717) is 0 Å². The highest BCUT2D eigenvalue weighted by Gasteiger charge is 2.56. The second kappa shape index (κ2) is 11.4. The highest BCUT2D eigenvalue weighted by molar-refractivity contribution is 7.53. The molecule has 10 atom stereocenters. The van der Waals surface area contributed by atoms with E-state index in [1.54, 1.807) is 0 Å². The highest BCUT2D eigenvalue weighted by Crippen LogP contribution is 2.57. The topological polar surface area (TPSA) is 305 Å². The molecule has 0 amide bonds. The minimum Gasteiger partial charge on any atom is -0.389 e. The summed E-state index contributed by atoms with van der Waals surface area (Å²) in [6.07, 6.45) is -5.60. The van der Waals surface area contributed by atoms with Crippen molar-refractivity contribution in [3.8, 4) is 0 Å². The number of nitrogens with two attached hydrogens (primary N) is 1. The lowest BCUT2D eigenvalue weighted by atomic mass is 10.1. The van der Waals surface area contributed by atoms with Crippen molar-refractivity contribution in [2.24, 2.45) is 0 Å². The first-order chi connectivity index (χ1) is 20.5. The number of aromatic nitrogens is 8. The van der Waals surface area contributed by atoms with Gasteiger partial charge in [-0.05, 0) is 0 Å². The molecule has 2 aliphatic rings. The van der Waals surface area contributed by atoms with Gasteiger partial charge in [-0.25, -0.2) is 25.0 Å². The minimum atomic E-state index is -4.94. The number of nitrogen functional groups attached to an aromatic ring is 1. The van der Waals surface area contributed by atoms with Crippen LogP contribution in [0, 0.1) is 0 Å². The van der Waals surface area contributed by atoms with Gasteiger partial charge in [0.15, 0.2) is 29.4 Å². The monoisotopic (exact) mass is 645 g/mol. The van der Waals surface area contributed by atoms with Crippen LogP contribution >= 0.6 is 15.9 Å². The summed E-state index contributed by atoms with van der Waals surface area (Å²) in [5, 5.41) is 38.3. The zero-order valence-electron chi connectivity index (χ0n) is 21.6. The molecule has 2 unspecified atom stereocenters. The summed E-state index contributed by atoms with van der Waals surface area (Å²) in [4.78, 5) is 48.3. The molecule has 4 aromatic rings. The van der Waals surface area contributed by atoms with Crippen LogP contribution in [-0.4, -0.2) is 114 Å². The Bertz CT molecular complexity index is 1780. The van der Waals surface area contributed by atoms with Crippen molar-refractivity contribution in [2.45, 2.75) is 48.6 Å². The molecule has 0 saturated carbocycles. The van der Waals surface area contributed by atoms with E-state index in [-0.39, 0.29) is 28.0 Å². The molecule has 4 aromatic heterocycles. The van der Waals surface area contributed by atoms with Crippen LogP contribution in [0.1, 0.15) is 12.5 Å². The number of rotatable bonds is 9. The average molecular weight is 645 g/mol. The zero-order valence-corrected chi connectivity index (χ0v) is 23.5. The van der Waals surface area contributed by atoms with E-state index >= 15 is 0 Å². The lowest BCUT2D eigenvalue weighted by Crippen LogP contribution is -2.36. The number of anilines is 1. The van der Waals surface area contributed by atoms with Gasteiger partial charge in [-0.15, -0.1) is 0 Å². The first kappa shape index (κ1) is 29.9. The normalized spacial score (nSPS) is 31.6. The van der Waals surface area contributed by atoms with E-state index in [4.69, 9.17) is 24.6 Å². The molecule has 0 radical (unpaired) electrons. The van der Waals surface area contributed by atoms with Crippen LogP contribution in [-0.2, 0) is 27.7 Å². The van der Waals surface area contributed by atoms with Gasteiger partial charge in [0, 0.05) is 0 Å². The van der Waals surface area contributed by atoms with E-state index in [1.807, 2.05) is 0 Å².